The topological polar surface area (TPSA) is 94.1 Å². The predicted octanol–water partition coefficient (Wildman–Crippen LogP) is 2.95. The van der Waals surface area contributed by atoms with Crippen molar-refractivity contribution in [3.8, 4) is 0 Å². The summed E-state index contributed by atoms with van der Waals surface area (Å²) in [5, 5.41) is 14.1. The highest BCUT2D eigenvalue weighted by Crippen LogP contribution is 2.41. The summed E-state index contributed by atoms with van der Waals surface area (Å²) in [6.07, 6.45) is 5.90. The first-order valence-electron chi connectivity index (χ1n) is 6.71. The molecule has 0 amide bonds. The van der Waals surface area contributed by atoms with Gasteiger partial charge in [-0.3, -0.25) is 10.1 Å². The third-order valence-electron chi connectivity index (χ3n) is 4.14. The zero-order valence-corrected chi connectivity index (χ0v) is 11.2. The molecule has 0 unspecified atom stereocenters. The summed E-state index contributed by atoms with van der Waals surface area (Å²) in [4.78, 5) is 14.6. The number of pyridine rings is 1. The van der Waals surface area contributed by atoms with Crippen molar-refractivity contribution >= 4 is 17.3 Å². The van der Waals surface area contributed by atoms with E-state index in [1.165, 1.54) is 37.8 Å². The minimum absolute atomic E-state index is 0.0153. The minimum Gasteiger partial charge on any atom is -0.384 e. The maximum atomic E-state index is 11.0. The fraction of sp³-hybridized carbons (Fsp3) is 0.615. The summed E-state index contributed by atoms with van der Waals surface area (Å²) in [5.41, 5.74) is 5.84. The third-order valence-corrected chi connectivity index (χ3v) is 4.14. The predicted molar refractivity (Wildman–Crippen MR) is 75.0 cm³/mol. The second-order valence-corrected chi connectivity index (χ2v) is 5.28. The first-order valence-corrected chi connectivity index (χ1v) is 6.71. The summed E-state index contributed by atoms with van der Waals surface area (Å²) in [6, 6.07) is 2.85. The van der Waals surface area contributed by atoms with E-state index in [4.69, 9.17) is 5.73 Å². The van der Waals surface area contributed by atoms with Crippen molar-refractivity contribution in [3.63, 3.8) is 0 Å². The van der Waals surface area contributed by atoms with Crippen LogP contribution in [0.25, 0.3) is 0 Å². The van der Waals surface area contributed by atoms with Crippen LogP contribution in [0, 0.1) is 15.5 Å². The van der Waals surface area contributed by atoms with Gasteiger partial charge in [0.1, 0.15) is 5.82 Å². The molecule has 1 aromatic rings. The van der Waals surface area contributed by atoms with Gasteiger partial charge in [0.2, 0.25) is 5.82 Å². The summed E-state index contributed by atoms with van der Waals surface area (Å²) >= 11 is 0. The Labute approximate surface area is 112 Å². The standard InChI is InChI=1S/C13H20N4O2/c1-2-13(7-3-4-8-13)9-15-12-10(17(18)19)5-6-11(14)16-12/h5-6H,2-4,7-9H2,1H3,(H3,14,15,16). The molecule has 1 fully saturated rings. The molecule has 1 heterocycles. The molecule has 0 atom stereocenters. The highest BCUT2D eigenvalue weighted by Gasteiger charge is 2.32. The van der Waals surface area contributed by atoms with Crippen LogP contribution in [0.3, 0.4) is 0 Å². The summed E-state index contributed by atoms with van der Waals surface area (Å²) in [7, 11) is 0. The van der Waals surface area contributed by atoms with Crippen LogP contribution in [0.15, 0.2) is 12.1 Å². The smallest absolute Gasteiger partial charge is 0.311 e. The molecular formula is C13H20N4O2. The van der Waals surface area contributed by atoms with Gasteiger partial charge in [0.15, 0.2) is 0 Å². The third kappa shape index (κ3) is 2.94. The Hall–Kier alpha value is -1.85. The molecule has 3 N–H and O–H groups in total. The van der Waals surface area contributed by atoms with Crippen LogP contribution in [0.1, 0.15) is 39.0 Å². The number of hydrogen-bond donors (Lipinski definition) is 2. The normalized spacial score (nSPS) is 17.3. The number of nitrogens with one attached hydrogen (secondary N) is 1. The van der Waals surface area contributed by atoms with Crippen molar-refractivity contribution in [1.82, 2.24) is 4.98 Å². The van der Waals surface area contributed by atoms with E-state index in [0.29, 0.717) is 5.82 Å². The average Bonchev–Trinajstić information content (AvgIpc) is 2.85. The van der Waals surface area contributed by atoms with Crippen molar-refractivity contribution in [2.24, 2.45) is 5.41 Å². The minimum atomic E-state index is -0.429. The van der Waals surface area contributed by atoms with Crippen molar-refractivity contribution in [2.45, 2.75) is 39.0 Å². The lowest BCUT2D eigenvalue weighted by Crippen LogP contribution is -2.26. The molecule has 1 aliphatic rings. The summed E-state index contributed by atoms with van der Waals surface area (Å²) < 4.78 is 0. The fourth-order valence-electron chi connectivity index (χ4n) is 2.80. The number of anilines is 2. The molecule has 0 bridgehead atoms. The largest absolute Gasteiger partial charge is 0.384 e. The van der Waals surface area contributed by atoms with Gasteiger partial charge in [0.25, 0.3) is 0 Å². The molecule has 0 spiro atoms. The average molecular weight is 264 g/mol. The Balaban J connectivity index is 2.14. The maximum Gasteiger partial charge on any atom is 0.311 e. The lowest BCUT2D eigenvalue weighted by molar-refractivity contribution is -0.384. The zero-order chi connectivity index (χ0) is 13.9. The van der Waals surface area contributed by atoms with E-state index in [1.54, 1.807) is 0 Å². The molecule has 1 saturated carbocycles. The van der Waals surface area contributed by atoms with Gasteiger partial charge in [0.05, 0.1) is 4.92 Å². The SMILES string of the molecule is CCC1(CNc2nc(N)ccc2[N+](=O)[O-])CCCC1. The zero-order valence-electron chi connectivity index (χ0n) is 11.2. The van der Waals surface area contributed by atoms with E-state index in [0.717, 1.165) is 13.0 Å². The lowest BCUT2D eigenvalue weighted by Gasteiger charge is -2.27. The van der Waals surface area contributed by atoms with Gasteiger partial charge in [-0.05, 0) is 30.7 Å². The van der Waals surface area contributed by atoms with Crippen molar-refractivity contribution < 1.29 is 4.92 Å². The Morgan fingerprint density at radius 1 is 1.47 bits per heavy atom. The maximum absolute atomic E-state index is 11.0. The fourth-order valence-corrected chi connectivity index (χ4v) is 2.80. The van der Waals surface area contributed by atoms with Gasteiger partial charge in [-0.1, -0.05) is 19.8 Å². The number of nitrogens with two attached hydrogens (primary N) is 1. The second kappa shape index (κ2) is 5.42. The van der Waals surface area contributed by atoms with Crippen LogP contribution >= 0.6 is 0 Å². The number of nitrogens with zero attached hydrogens (tertiary/aromatic N) is 2. The first-order chi connectivity index (χ1) is 9.06. The van der Waals surface area contributed by atoms with E-state index in [9.17, 15) is 10.1 Å². The van der Waals surface area contributed by atoms with Crippen LogP contribution in [-0.2, 0) is 0 Å². The highest BCUT2D eigenvalue weighted by atomic mass is 16.6. The van der Waals surface area contributed by atoms with Crippen LogP contribution in [0.5, 0.6) is 0 Å². The van der Waals surface area contributed by atoms with E-state index in [-0.39, 0.29) is 16.9 Å². The van der Waals surface area contributed by atoms with E-state index >= 15 is 0 Å². The molecule has 6 heteroatoms. The number of nitrogen functional groups attached to an aromatic ring is 1. The molecule has 0 aliphatic heterocycles. The summed E-state index contributed by atoms with van der Waals surface area (Å²) in [6.45, 7) is 2.90. The number of hydrogen-bond acceptors (Lipinski definition) is 5. The Morgan fingerprint density at radius 3 is 2.74 bits per heavy atom. The molecule has 0 radical (unpaired) electrons. The Morgan fingerprint density at radius 2 is 2.16 bits per heavy atom. The van der Waals surface area contributed by atoms with Gasteiger partial charge in [-0.2, -0.15) is 0 Å². The van der Waals surface area contributed by atoms with Crippen LogP contribution in [0.2, 0.25) is 0 Å². The molecule has 104 valence electrons. The van der Waals surface area contributed by atoms with E-state index < -0.39 is 4.92 Å². The van der Waals surface area contributed by atoms with E-state index in [2.05, 4.69) is 17.2 Å². The van der Waals surface area contributed by atoms with Crippen molar-refractivity contribution in [1.29, 1.82) is 0 Å². The Bertz CT molecular complexity index is 470. The van der Waals surface area contributed by atoms with Gasteiger partial charge >= 0.3 is 5.69 Å². The molecule has 0 aromatic carbocycles. The Kier molecular flexibility index (Phi) is 3.87. The van der Waals surface area contributed by atoms with Crippen molar-refractivity contribution in [2.75, 3.05) is 17.6 Å². The molecule has 0 saturated heterocycles. The van der Waals surface area contributed by atoms with Gasteiger partial charge in [-0.15, -0.1) is 0 Å². The van der Waals surface area contributed by atoms with Crippen LogP contribution in [-0.4, -0.2) is 16.5 Å². The number of nitro groups is 1. The molecule has 1 aromatic heterocycles. The second-order valence-electron chi connectivity index (χ2n) is 5.28. The molecule has 2 rings (SSSR count). The van der Waals surface area contributed by atoms with Crippen molar-refractivity contribution in [3.05, 3.63) is 22.2 Å². The number of aromatic nitrogens is 1. The molecule has 19 heavy (non-hydrogen) atoms. The monoisotopic (exact) mass is 264 g/mol. The quantitative estimate of drug-likeness (QED) is 0.629. The first kappa shape index (κ1) is 13.6. The van der Waals surface area contributed by atoms with E-state index in [1.807, 2.05) is 0 Å². The van der Waals surface area contributed by atoms with Crippen LogP contribution in [0.4, 0.5) is 17.3 Å². The van der Waals surface area contributed by atoms with Crippen LogP contribution < -0.4 is 11.1 Å². The molecule has 6 nitrogen and oxygen atoms in total. The van der Waals surface area contributed by atoms with Gasteiger partial charge in [0, 0.05) is 12.6 Å². The van der Waals surface area contributed by atoms with Gasteiger partial charge < -0.3 is 11.1 Å². The number of rotatable bonds is 5. The van der Waals surface area contributed by atoms with Gasteiger partial charge in [-0.25, -0.2) is 4.98 Å². The lowest BCUT2D eigenvalue weighted by atomic mass is 9.83. The molecule has 1 aliphatic carbocycles. The summed E-state index contributed by atoms with van der Waals surface area (Å²) in [5.74, 6) is 0.579. The molecular weight excluding hydrogens is 244 g/mol. The highest BCUT2D eigenvalue weighted by molar-refractivity contribution is 5.59.